The standard InChI is InChI=1S/C19H22N2O2S2/c1-3-12-23-17-7-5-4-6-16(17)18(22)21-19(24)20-13-14-8-10-15(25-2)11-9-14/h4-11H,3,12-13H2,1-2H3,(H2,20,21,22,24). The van der Waals surface area contributed by atoms with Gasteiger partial charge in [-0.1, -0.05) is 31.2 Å². The topological polar surface area (TPSA) is 50.4 Å². The van der Waals surface area contributed by atoms with Crippen LogP contribution in [0.5, 0.6) is 5.75 Å². The Morgan fingerprint density at radius 3 is 2.56 bits per heavy atom. The van der Waals surface area contributed by atoms with Crippen molar-refractivity contribution in [3.8, 4) is 5.75 Å². The van der Waals surface area contributed by atoms with Crippen LogP contribution >= 0.6 is 24.0 Å². The molecule has 2 aromatic rings. The SMILES string of the molecule is CCCOc1ccccc1C(=O)NC(=S)NCc1ccc(SC)cc1. The van der Waals surface area contributed by atoms with Crippen LogP contribution in [0.15, 0.2) is 53.4 Å². The molecule has 0 spiro atoms. The van der Waals surface area contributed by atoms with Crippen LogP contribution in [0.25, 0.3) is 0 Å². The molecule has 0 heterocycles. The molecule has 2 rings (SSSR count). The molecule has 4 nitrogen and oxygen atoms in total. The summed E-state index contributed by atoms with van der Waals surface area (Å²) in [7, 11) is 0. The van der Waals surface area contributed by atoms with Gasteiger partial charge in [-0.25, -0.2) is 0 Å². The van der Waals surface area contributed by atoms with E-state index < -0.39 is 0 Å². The van der Waals surface area contributed by atoms with Gasteiger partial charge in [-0.15, -0.1) is 11.8 Å². The van der Waals surface area contributed by atoms with E-state index in [1.807, 2.05) is 31.4 Å². The lowest BCUT2D eigenvalue weighted by molar-refractivity contribution is 0.0972. The monoisotopic (exact) mass is 374 g/mol. The fourth-order valence-corrected chi connectivity index (χ4v) is 2.71. The molecule has 132 valence electrons. The van der Waals surface area contributed by atoms with Gasteiger partial charge in [-0.05, 0) is 54.7 Å². The number of thiocarbonyl (C=S) groups is 1. The van der Waals surface area contributed by atoms with E-state index in [1.54, 1.807) is 30.0 Å². The van der Waals surface area contributed by atoms with Crippen molar-refractivity contribution in [2.24, 2.45) is 0 Å². The maximum absolute atomic E-state index is 12.4. The molecular weight excluding hydrogens is 352 g/mol. The maximum Gasteiger partial charge on any atom is 0.261 e. The molecule has 0 aliphatic rings. The number of benzene rings is 2. The van der Waals surface area contributed by atoms with Gasteiger partial charge in [0.15, 0.2) is 5.11 Å². The van der Waals surface area contributed by atoms with Gasteiger partial charge < -0.3 is 10.1 Å². The van der Waals surface area contributed by atoms with E-state index >= 15 is 0 Å². The minimum atomic E-state index is -0.276. The van der Waals surface area contributed by atoms with Crippen LogP contribution in [-0.2, 0) is 6.54 Å². The van der Waals surface area contributed by atoms with Crippen LogP contribution in [-0.4, -0.2) is 23.9 Å². The predicted octanol–water partition coefficient (Wildman–Crippen LogP) is 4.00. The van der Waals surface area contributed by atoms with Gasteiger partial charge >= 0.3 is 0 Å². The quantitative estimate of drug-likeness (QED) is 0.567. The molecule has 2 N–H and O–H groups in total. The molecule has 25 heavy (non-hydrogen) atoms. The molecule has 0 saturated carbocycles. The van der Waals surface area contributed by atoms with E-state index in [4.69, 9.17) is 17.0 Å². The number of carbonyl (C=O) groups is 1. The molecule has 0 aliphatic heterocycles. The Morgan fingerprint density at radius 2 is 1.88 bits per heavy atom. The van der Waals surface area contributed by atoms with Crippen molar-refractivity contribution in [2.75, 3.05) is 12.9 Å². The number of ether oxygens (including phenoxy) is 1. The molecular formula is C19H22N2O2S2. The Bertz CT molecular complexity index is 718. The number of para-hydroxylation sites is 1. The lowest BCUT2D eigenvalue weighted by atomic mass is 10.2. The van der Waals surface area contributed by atoms with E-state index in [0.717, 1.165) is 12.0 Å². The third-order valence-electron chi connectivity index (χ3n) is 3.43. The van der Waals surface area contributed by atoms with Crippen LogP contribution in [0.3, 0.4) is 0 Å². The van der Waals surface area contributed by atoms with Gasteiger partial charge in [0, 0.05) is 11.4 Å². The zero-order valence-electron chi connectivity index (χ0n) is 14.4. The van der Waals surface area contributed by atoms with Crippen LogP contribution in [0, 0.1) is 0 Å². The van der Waals surface area contributed by atoms with Crippen LogP contribution in [0.4, 0.5) is 0 Å². The fourth-order valence-electron chi connectivity index (χ4n) is 2.13. The molecule has 0 bridgehead atoms. The summed E-state index contributed by atoms with van der Waals surface area (Å²) in [5.74, 6) is 0.291. The van der Waals surface area contributed by atoms with Crippen LogP contribution < -0.4 is 15.4 Å². The van der Waals surface area contributed by atoms with Crippen LogP contribution in [0.1, 0.15) is 29.3 Å². The van der Waals surface area contributed by atoms with Crippen molar-refractivity contribution in [2.45, 2.75) is 24.8 Å². The number of nitrogens with one attached hydrogen (secondary N) is 2. The smallest absolute Gasteiger partial charge is 0.261 e. The van der Waals surface area contributed by atoms with Gasteiger partial charge in [-0.3, -0.25) is 10.1 Å². The number of rotatable bonds is 7. The predicted molar refractivity (Wildman–Crippen MR) is 107 cm³/mol. The van der Waals surface area contributed by atoms with E-state index in [2.05, 4.69) is 22.8 Å². The number of thioether (sulfide) groups is 1. The molecule has 6 heteroatoms. The molecule has 2 aromatic carbocycles. The summed E-state index contributed by atoms with van der Waals surface area (Å²) in [6.45, 7) is 3.15. The highest BCUT2D eigenvalue weighted by atomic mass is 32.2. The molecule has 0 saturated heterocycles. The molecule has 0 aliphatic carbocycles. The average molecular weight is 375 g/mol. The van der Waals surface area contributed by atoms with E-state index in [0.29, 0.717) is 29.6 Å². The minimum absolute atomic E-state index is 0.276. The number of carbonyl (C=O) groups excluding carboxylic acids is 1. The highest BCUT2D eigenvalue weighted by molar-refractivity contribution is 7.98. The van der Waals surface area contributed by atoms with E-state index in [9.17, 15) is 4.79 Å². The van der Waals surface area contributed by atoms with Gasteiger partial charge in [0.2, 0.25) is 0 Å². The van der Waals surface area contributed by atoms with E-state index in [1.165, 1.54) is 4.90 Å². The fraction of sp³-hybridized carbons (Fsp3) is 0.263. The Labute approximate surface area is 158 Å². The number of amides is 1. The minimum Gasteiger partial charge on any atom is -0.493 e. The first-order chi connectivity index (χ1) is 12.1. The Balaban J connectivity index is 1.90. The summed E-state index contributed by atoms with van der Waals surface area (Å²) in [6, 6.07) is 15.4. The van der Waals surface area contributed by atoms with Crippen molar-refractivity contribution in [1.29, 1.82) is 0 Å². The van der Waals surface area contributed by atoms with Crippen molar-refractivity contribution in [3.63, 3.8) is 0 Å². The highest BCUT2D eigenvalue weighted by Gasteiger charge is 2.13. The first-order valence-corrected chi connectivity index (χ1v) is 9.71. The van der Waals surface area contributed by atoms with Crippen molar-refractivity contribution >= 4 is 35.0 Å². The lowest BCUT2D eigenvalue weighted by Gasteiger charge is -2.13. The summed E-state index contributed by atoms with van der Waals surface area (Å²) < 4.78 is 5.61. The Hall–Kier alpha value is -2.05. The first-order valence-electron chi connectivity index (χ1n) is 8.08. The van der Waals surface area contributed by atoms with Crippen molar-refractivity contribution in [1.82, 2.24) is 10.6 Å². The second-order valence-corrected chi connectivity index (χ2v) is 6.62. The molecule has 1 amide bonds. The van der Waals surface area contributed by atoms with Gasteiger partial charge in [-0.2, -0.15) is 0 Å². The van der Waals surface area contributed by atoms with Crippen molar-refractivity contribution < 1.29 is 9.53 Å². The lowest BCUT2D eigenvalue weighted by Crippen LogP contribution is -2.39. The summed E-state index contributed by atoms with van der Waals surface area (Å²) in [5, 5.41) is 6.05. The average Bonchev–Trinajstić information content (AvgIpc) is 2.65. The second kappa shape index (κ2) is 10.1. The number of hydrogen-bond acceptors (Lipinski definition) is 4. The summed E-state index contributed by atoms with van der Waals surface area (Å²) in [6.07, 6.45) is 2.92. The first kappa shape index (κ1) is 19.3. The maximum atomic E-state index is 12.4. The van der Waals surface area contributed by atoms with Crippen LogP contribution in [0.2, 0.25) is 0 Å². The Kier molecular flexibility index (Phi) is 7.76. The zero-order chi connectivity index (χ0) is 18.1. The Morgan fingerprint density at radius 1 is 1.16 bits per heavy atom. The number of hydrogen-bond donors (Lipinski definition) is 2. The molecule has 0 aromatic heterocycles. The van der Waals surface area contributed by atoms with Crippen molar-refractivity contribution in [3.05, 3.63) is 59.7 Å². The normalized spacial score (nSPS) is 10.2. The third-order valence-corrected chi connectivity index (χ3v) is 4.42. The molecule has 0 radical (unpaired) electrons. The van der Waals surface area contributed by atoms with Gasteiger partial charge in [0.1, 0.15) is 5.75 Å². The molecule has 0 unspecified atom stereocenters. The zero-order valence-corrected chi connectivity index (χ0v) is 16.0. The highest BCUT2D eigenvalue weighted by Crippen LogP contribution is 2.18. The summed E-state index contributed by atoms with van der Waals surface area (Å²) >= 11 is 6.92. The largest absolute Gasteiger partial charge is 0.493 e. The summed E-state index contributed by atoms with van der Waals surface area (Å²) in [4.78, 5) is 13.6. The summed E-state index contributed by atoms with van der Waals surface area (Å²) in [5.41, 5.74) is 1.57. The van der Waals surface area contributed by atoms with E-state index in [-0.39, 0.29) is 5.91 Å². The molecule has 0 atom stereocenters. The second-order valence-electron chi connectivity index (χ2n) is 5.33. The van der Waals surface area contributed by atoms with Gasteiger partial charge in [0.05, 0.1) is 12.2 Å². The third kappa shape index (κ3) is 6.07. The van der Waals surface area contributed by atoms with Gasteiger partial charge in [0.25, 0.3) is 5.91 Å². The molecule has 0 fully saturated rings.